The Bertz CT molecular complexity index is 615. The molecule has 0 aromatic carbocycles. The zero-order valence-corrected chi connectivity index (χ0v) is 9.99. The molecule has 0 aliphatic heterocycles. The molecule has 0 spiro atoms. The average Bonchev–Trinajstić information content (AvgIpc) is 2.77. The minimum atomic E-state index is -0.213. The third-order valence-corrected chi connectivity index (χ3v) is 2.40. The second-order valence-electron chi connectivity index (χ2n) is 3.39. The average molecular weight is 249 g/mol. The molecule has 3 N–H and O–H groups in total. The Labute approximate surface area is 103 Å². The molecule has 0 atom stereocenters. The van der Waals surface area contributed by atoms with Crippen molar-refractivity contribution in [1.29, 1.82) is 0 Å². The van der Waals surface area contributed by atoms with Crippen LogP contribution in [-0.2, 0) is 6.42 Å². The van der Waals surface area contributed by atoms with E-state index in [-0.39, 0.29) is 10.5 Å². The van der Waals surface area contributed by atoms with Crippen LogP contribution in [-0.4, -0.2) is 24.5 Å². The first-order valence-corrected chi connectivity index (χ1v) is 5.46. The lowest BCUT2D eigenvalue weighted by atomic mass is 10.4. The van der Waals surface area contributed by atoms with Crippen LogP contribution in [0.4, 0.5) is 0 Å². The number of hydrogen-bond acceptors (Lipinski definition) is 4. The van der Waals surface area contributed by atoms with Gasteiger partial charge in [-0.15, -0.1) is 0 Å². The van der Waals surface area contributed by atoms with Gasteiger partial charge in [0.2, 0.25) is 0 Å². The fraction of sp³-hybridized carbons (Fsp3) is 0.200. The Morgan fingerprint density at radius 1 is 1.65 bits per heavy atom. The molecule has 0 fully saturated rings. The highest BCUT2D eigenvalue weighted by atomic mass is 32.1. The molecule has 2 aromatic rings. The number of hydrogen-bond donors (Lipinski definition) is 2. The zero-order valence-electron chi connectivity index (χ0n) is 9.17. The number of aryl methyl sites for hydroxylation is 1. The van der Waals surface area contributed by atoms with Gasteiger partial charge in [-0.2, -0.15) is 0 Å². The number of nitrogens with one attached hydrogen (secondary N) is 1. The van der Waals surface area contributed by atoms with E-state index in [1.165, 1.54) is 6.07 Å². The molecule has 17 heavy (non-hydrogen) atoms. The molecule has 88 valence electrons. The summed E-state index contributed by atoms with van der Waals surface area (Å²) in [5.74, 6) is 1.49. The monoisotopic (exact) mass is 249 g/mol. The van der Waals surface area contributed by atoms with Gasteiger partial charge < -0.3 is 10.7 Å². The maximum Gasteiger partial charge on any atom is 0.253 e. The molecule has 0 aliphatic carbocycles. The summed E-state index contributed by atoms with van der Waals surface area (Å²) in [6.45, 7) is 1.91. The molecule has 0 saturated carbocycles. The molecule has 0 bridgehead atoms. The third-order valence-electron chi connectivity index (χ3n) is 2.22. The highest BCUT2D eigenvalue weighted by Crippen LogP contribution is 2.06. The Kier molecular flexibility index (Phi) is 3.01. The largest absolute Gasteiger partial charge is 0.387 e. The molecular weight excluding hydrogens is 238 g/mol. The molecule has 2 rings (SSSR count). The maximum atomic E-state index is 11.5. The minimum absolute atomic E-state index is 0.162. The van der Waals surface area contributed by atoms with E-state index in [0.717, 1.165) is 0 Å². The van der Waals surface area contributed by atoms with Gasteiger partial charge >= 0.3 is 0 Å². The summed E-state index contributed by atoms with van der Waals surface area (Å²) in [7, 11) is 0. The van der Waals surface area contributed by atoms with E-state index in [9.17, 15) is 4.79 Å². The van der Waals surface area contributed by atoms with E-state index in [2.05, 4.69) is 15.0 Å². The van der Waals surface area contributed by atoms with Crippen LogP contribution in [0.15, 0.2) is 23.3 Å². The van der Waals surface area contributed by atoms with Crippen LogP contribution >= 0.6 is 12.2 Å². The fourth-order valence-corrected chi connectivity index (χ4v) is 1.61. The number of H-pyrrole nitrogens is 1. The summed E-state index contributed by atoms with van der Waals surface area (Å²) in [5, 5.41) is 0. The Balaban J connectivity index is 2.60. The third kappa shape index (κ3) is 2.23. The molecule has 2 aromatic heterocycles. The van der Waals surface area contributed by atoms with Gasteiger partial charge in [-0.05, 0) is 0 Å². The fourth-order valence-electron chi connectivity index (χ4n) is 1.46. The van der Waals surface area contributed by atoms with Crippen molar-refractivity contribution in [1.82, 2.24) is 19.5 Å². The molecule has 0 aliphatic rings. The molecule has 0 unspecified atom stereocenters. The number of nitrogens with two attached hydrogens (primary N) is 1. The number of nitrogens with zero attached hydrogens (tertiary/aromatic N) is 3. The first kappa shape index (κ1) is 11.5. The van der Waals surface area contributed by atoms with Gasteiger partial charge in [-0.1, -0.05) is 19.1 Å². The van der Waals surface area contributed by atoms with E-state index in [0.29, 0.717) is 23.9 Å². The van der Waals surface area contributed by atoms with Crippen LogP contribution in [0.25, 0.3) is 5.82 Å². The van der Waals surface area contributed by atoms with Crippen LogP contribution in [0.3, 0.4) is 0 Å². The topological polar surface area (TPSA) is 89.6 Å². The lowest BCUT2D eigenvalue weighted by Crippen LogP contribution is -2.19. The van der Waals surface area contributed by atoms with Gasteiger partial charge in [0.05, 0.1) is 0 Å². The number of thiocarbonyl (C=S) groups is 1. The van der Waals surface area contributed by atoms with Crippen molar-refractivity contribution in [3.63, 3.8) is 0 Å². The lowest BCUT2D eigenvalue weighted by molar-refractivity contribution is 0.868. The predicted molar refractivity (Wildman–Crippen MR) is 67.2 cm³/mol. The van der Waals surface area contributed by atoms with Gasteiger partial charge in [-0.3, -0.25) is 9.36 Å². The molecule has 0 amide bonds. The van der Waals surface area contributed by atoms with Crippen molar-refractivity contribution in [2.45, 2.75) is 13.3 Å². The van der Waals surface area contributed by atoms with E-state index in [4.69, 9.17) is 18.0 Å². The summed E-state index contributed by atoms with van der Waals surface area (Å²) in [6.07, 6.45) is 3.86. The molecule has 0 radical (unpaired) electrons. The second-order valence-corrected chi connectivity index (χ2v) is 3.83. The molecule has 0 saturated heterocycles. The Morgan fingerprint density at radius 3 is 3.06 bits per heavy atom. The van der Waals surface area contributed by atoms with Crippen LogP contribution in [0.5, 0.6) is 0 Å². The lowest BCUT2D eigenvalue weighted by Gasteiger charge is -2.06. The second kappa shape index (κ2) is 4.46. The van der Waals surface area contributed by atoms with Gasteiger partial charge in [0.15, 0.2) is 5.82 Å². The molecular formula is C10H11N5OS. The van der Waals surface area contributed by atoms with E-state index >= 15 is 0 Å². The molecule has 7 heteroatoms. The van der Waals surface area contributed by atoms with E-state index < -0.39 is 0 Å². The van der Waals surface area contributed by atoms with Crippen LogP contribution < -0.4 is 11.3 Å². The smallest absolute Gasteiger partial charge is 0.253 e. The van der Waals surface area contributed by atoms with Crippen molar-refractivity contribution >= 4 is 17.2 Å². The first-order chi connectivity index (χ1) is 8.11. The van der Waals surface area contributed by atoms with E-state index in [1.54, 1.807) is 17.0 Å². The quantitative estimate of drug-likeness (QED) is 0.756. The van der Waals surface area contributed by atoms with Crippen LogP contribution in [0.2, 0.25) is 0 Å². The zero-order chi connectivity index (χ0) is 12.4. The summed E-state index contributed by atoms with van der Waals surface area (Å²) >= 11 is 4.88. The van der Waals surface area contributed by atoms with Crippen molar-refractivity contribution in [2.75, 3.05) is 0 Å². The Hall–Kier alpha value is -2.02. The van der Waals surface area contributed by atoms with Gasteiger partial charge in [0.1, 0.15) is 16.6 Å². The van der Waals surface area contributed by atoms with Gasteiger partial charge in [-0.25, -0.2) is 9.97 Å². The summed E-state index contributed by atoms with van der Waals surface area (Å²) < 4.78 is 1.59. The maximum absolute atomic E-state index is 11.5. The SMILES string of the molecule is CCc1nc(-n2ccnc2C(N)=S)cc(=O)[nH]1. The first-order valence-electron chi connectivity index (χ1n) is 5.05. The highest BCUT2D eigenvalue weighted by molar-refractivity contribution is 7.80. The molecule has 2 heterocycles. The van der Waals surface area contributed by atoms with Gasteiger partial charge in [0, 0.05) is 24.9 Å². The van der Waals surface area contributed by atoms with Gasteiger partial charge in [0.25, 0.3) is 5.56 Å². The van der Waals surface area contributed by atoms with Crippen molar-refractivity contribution in [2.24, 2.45) is 5.73 Å². The number of aromatic nitrogens is 4. The minimum Gasteiger partial charge on any atom is -0.387 e. The van der Waals surface area contributed by atoms with Crippen molar-refractivity contribution < 1.29 is 0 Å². The number of rotatable bonds is 3. The predicted octanol–water partition coefficient (Wildman–Crippen LogP) is 0.152. The highest BCUT2D eigenvalue weighted by Gasteiger charge is 2.09. The van der Waals surface area contributed by atoms with Crippen LogP contribution in [0.1, 0.15) is 18.6 Å². The summed E-state index contributed by atoms with van der Waals surface area (Å²) in [4.78, 5) is 22.6. The number of imidazole rings is 1. The standard InChI is InChI=1S/C10H11N5OS/c1-2-6-13-7(5-8(16)14-6)15-4-3-12-10(15)9(11)17/h3-5H,2H2,1H3,(H2,11,17)(H,13,14,16). The van der Waals surface area contributed by atoms with E-state index in [1.807, 2.05) is 6.92 Å². The normalized spacial score (nSPS) is 10.4. The number of aromatic amines is 1. The Morgan fingerprint density at radius 2 is 2.41 bits per heavy atom. The van der Waals surface area contributed by atoms with Crippen molar-refractivity contribution in [3.8, 4) is 5.82 Å². The summed E-state index contributed by atoms with van der Waals surface area (Å²) in [6, 6.07) is 1.38. The van der Waals surface area contributed by atoms with Crippen LogP contribution in [0, 0.1) is 0 Å². The van der Waals surface area contributed by atoms with Crippen molar-refractivity contribution in [3.05, 3.63) is 40.5 Å². The summed E-state index contributed by atoms with van der Waals surface area (Å²) in [5.41, 5.74) is 5.33. The molecule has 6 nitrogen and oxygen atoms in total.